The zero-order valence-corrected chi connectivity index (χ0v) is 10.9. The minimum atomic E-state index is -0.367. The molecule has 1 aliphatic heterocycles. The molecule has 2 aromatic heterocycles. The highest BCUT2D eigenvalue weighted by Gasteiger charge is 2.35. The summed E-state index contributed by atoms with van der Waals surface area (Å²) in [5.41, 5.74) is 1.82. The Hall–Kier alpha value is -1.95. The summed E-state index contributed by atoms with van der Waals surface area (Å²) in [4.78, 5) is 20.3. The average Bonchev–Trinajstić information content (AvgIpc) is 2.75. The van der Waals surface area contributed by atoms with Crippen molar-refractivity contribution in [1.29, 1.82) is 0 Å². The Morgan fingerprint density at radius 1 is 1.53 bits per heavy atom. The van der Waals surface area contributed by atoms with Crippen LogP contribution in [0.4, 0.5) is 0 Å². The number of nitrogens with zero attached hydrogens (tertiary/aromatic N) is 3. The van der Waals surface area contributed by atoms with E-state index in [9.17, 15) is 4.79 Å². The van der Waals surface area contributed by atoms with Crippen LogP contribution in [0.2, 0.25) is 0 Å². The Morgan fingerprint density at radius 3 is 3.00 bits per heavy atom. The molecule has 100 valence electrons. The number of pyridine rings is 1. The molecule has 0 unspecified atom stereocenters. The van der Waals surface area contributed by atoms with E-state index in [4.69, 9.17) is 9.47 Å². The number of carbonyl (C=O) groups excluding carboxylic acids is 1. The van der Waals surface area contributed by atoms with Crippen LogP contribution in [-0.4, -0.2) is 40.3 Å². The van der Waals surface area contributed by atoms with E-state index in [-0.39, 0.29) is 11.4 Å². The Labute approximate surface area is 110 Å². The third-order valence-electron chi connectivity index (χ3n) is 3.24. The van der Waals surface area contributed by atoms with Crippen LogP contribution in [0.25, 0.3) is 11.2 Å². The molecule has 0 spiro atoms. The van der Waals surface area contributed by atoms with Gasteiger partial charge in [0.15, 0.2) is 5.65 Å². The van der Waals surface area contributed by atoms with Gasteiger partial charge in [-0.1, -0.05) is 6.92 Å². The van der Waals surface area contributed by atoms with E-state index in [1.165, 1.54) is 6.20 Å². The van der Waals surface area contributed by atoms with Crippen LogP contribution in [0.1, 0.15) is 17.3 Å². The van der Waals surface area contributed by atoms with Crippen LogP contribution in [0.3, 0.4) is 0 Å². The van der Waals surface area contributed by atoms with E-state index in [1.807, 2.05) is 14.0 Å². The van der Waals surface area contributed by atoms with Crippen LogP contribution in [-0.2, 0) is 16.5 Å². The molecule has 1 saturated heterocycles. The molecule has 19 heavy (non-hydrogen) atoms. The quantitative estimate of drug-likeness (QED) is 0.776. The smallest absolute Gasteiger partial charge is 0.339 e. The van der Waals surface area contributed by atoms with Gasteiger partial charge in [0.05, 0.1) is 25.1 Å². The van der Waals surface area contributed by atoms with Gasteiger partial charge in [-0.05, 0) is 6.07 Å². The van der Waals surface area contributed by atoms with Crippen molar-refractivity contribution in [2.24, 2.45) is 12.5 Å². The highest BCUT2D eigenvalue weighted by atomic mass is 16.5. The van der Waals surface area contributed by atoms with Gasteiger partial charge < -0.3 is 14.0 Å². The van der Waals surface area contributed by atoms with E-state index >= 15 is 0 Å². The summed E-state index contributed by atoms with van der Waals surface area (Å²) in [7, 11) is 1.86. The van der Waals surface area contributed by atoms with Gasteiger partial charge in [0.2, 0.25) is 0 Å². The monoisotopic (exact) mass is 261 g/mol. The molecule has 3 heterocycles. The van der Waals surface area contributed by atoms with Crippen LogP contribution in [0, 0.1) is 5.41 Å². The first kappa shape index (κ1) is 12.1. The van der Waals surface area contributed by atoms with Crippen LogP contribution in [0.15, 0.2) is 18.6 Å². The predicted octanol–water partition coefficient (Wildman–Crippen LogP) is 1.16. The average molecular weight is 261 g/mol. The van der Waals surface area contributed by atoms with Gasteiger partial charge in [-0.2, -0.15) is 0 Å². The molecule has 0 bridgehead atoms. The van der Waals surface area contributed by atoms with Crippen molar-refractivity contribution in [3.8, 4) is 0 Å². The molecule has 6 nitrogen and oxygen atoms in total. The molecule has 2 aromatic rings. The number of esters is 1. The molecule has 0 saturated carbocycles. The first-order valence-electron chi connectivity index (χ1n) is 6.09. The van der Waals surface area contributed by atoms with Crippen LogP contribution in [0.5, 0.6) is 0 Å². The van der Waals surface area contributed by atoms with Gasteiger partial charge in [-0.25, -0.2) is 14.8 Å². The lowest BCUT2D eigenvalue weighted by atomic mass is 9.90. The van der Waals surface area contributed by atoms with Crippen molar-refractivity contribution in [2.45, 2.75) is 6.92 Å². The lowest BCUT2D eigenvalue weighted by Gasteiger charge is -2.37. The fraction of sp³-hybridized carbons (Fsp3) is 0.462. The molecule has 1 fully saturated rings. The number of fused-ring (bicyclic) bond motifs is 1. The molecule has 0 aromatic carbocycles. The molecule has 0 radical (unpaired) electrons. The molecular weight excluding hydrogens is 246 g/mol. The standard InChI is InChI=1S/C13H15N3O3/c1-13(5-18-6-13)7-19-12(17)9-3-10-11(14-4-9)16(2)8-15-10/h3-4,8H,5-7H2,1-2H3. The van der Waals surface area contributed by atoms with Crippen molar-refractivity contribution < 1.29 is 14.3 Å². The van der Waals surface area contributed by atoms with Gasteiger partial charge in [-0.15, -0.1) is 0 Å². The summed E-state index contributed by atoms with van der Waals surface area (Å²) in [6, 6.07) is 1.70. The molecular formula is C13H15N3O3. The molecule has 0 N–H and O–H groups in total. The molecule has 0 aliphatic carbocycles. The Kier molecular flexibility index (Phi) is 2.74. The van der Waals surface area contributed by atoms with Gasteiger partial charge >= 0.3 is 5.97 Å². The van der Waals surface area contributed by atoms with E-state index in [0.29, 0.717) is 30.9 Å². The summed E-state index contributed by atoms with van der Waals surface area (Å²) in [5, 5.41) is 0. The van der Waals surface area contributed by atoms with Crippen molar-refractivity contribution in [2.75, 3.05) is 19.8 Å². The highest BCUT2D eigenvalue weighted by Crippen LogP contribution is 2.27. The summed E-state index contributed by atoms with van der Waals surface area (Å²) in [6.45, 7) is 3.67. The zero-order valence-electron chi connectivity index (χ0n) is 10.9. The maximum Gasteiger partial charge on any atom is 0.339 e. The predicted molar refractivity (Wildman–Crippen MR) is 67.7 cm³/mol. The van der Waals surface area contributed by atoms with Crippen molar-refractivity contribution in [1.82, 2.24) is 14.5 Å². The maximum absolute atomic E-state index is 11.9. The minimum Gasteiger partial charge on any atom is -0.461 e. The molecule has 0 amide bonds. The zero-order chi connectivity index (χ0) is 13.5. The van der Waals surface area contributed by atoms with Crippen molar-refractivity contribution >= 4 is 17.1 Å². The number of hydrogen-bond acceptors (Lipinski definition) is 5. The lowest BCUT2D eigenvalue weighted by molar-refractivity contribution is -0.127. The van der Waals surface area contributed by atoms with E-state index in [1.54, 1.807) is 17.0 Å². The molecule has 3 rings (SSSR count). The largest absolute Gasteiger partial charge is 0.461 e. The van der Waals surface area contributed by atoms with Gasteiger partial charge in [0, 0.05) is 18.7 Å². The summed E-state index contributed by atoms with van der Waals surface area (Å²) < 4.78 is 12.2. The Balaban J connectivity index is 1.74. The first-order valence-corrected chi connectivity index (χ1v) is 6.09. The number of aromatic nitrogens is 3. The van der Waals surface area contributed by atoms with E-state index in [2.05, 4.69) is 9.97 Å². The fourth-order valence-electron chi connectivity index (χ4n) is 1.98. The van der Waals surface area contributed by atoms with E-state index in [0.717, 1.165) is 5.65 Å². The molecule has 0 atom stereocenters. The third kappa shape index (κ3) is 2.19. The van der Waals surface area contributed by atoms with Gasteiger partial charge in [0.25, 0.3) is 0 Å². The van der Waals surface area contributed by atoms with Crippen LogP contribution >= 0.6 is 0 Å². The normalized spacial score (nSPS) is 17.2. The summed E-state index contributed by atoms with van der Waals surface area (Å²) >= 11 is 0. The van der Waals surface area contributed by atoms with Crippen molar-refractivity contribution in [3.05, 3.63) is 24.2 Å². The summed E-state index contributed by atoms with van der Waals surface area (Å²) in [6.07, 6.45) is 3.19. The second kappa shape index (κ2) is 4.31. The van der Waals surface area contributed by atoms with Gasteiger partial charge in [0.1, 0.15) is 12.1 Å². The second-order valence-electron chi connectivity index (χ2n) is 5.30. The van der Waals surface area contributed by atoms with Crippen LogP contribution < -0.4 is 0 Å². The minimum absolute atomic E-state index is 0.0435. The Morgan fingerprint density at radius 2 is 2.32 bits per heavy atom. The lowest BCUT2D eigenvalue weighted by Crippen LogP contribution is -2.44. The van der Waals surface area contributed by atoms with E-state index < -0.39 is 0 Å². The number of hydrogen-bond donors (Lipinski definition) is 0. The van der Waals surface area contributed by atoms with Gasteiger partial charge in [-0.3, -0.25) is 0 Å². The Bertz CT molecular complexity index is 631. The molecule has 6 heteroatoms. The highest BCUT2D eigenvalue weighted by molar-refractivity contribution is 5.92. The number of imidazole rings is 1. The number of rotatable bonds is 3. The molecule has 1 aliphatic rings. The maximum atomic E-state index is 11.9. The topological polar surface area (TPSA) is 66.2 Å². The summed E-state index contributed by atoms with van der Waals surface area (Å²) in [5.74, 6) is -0.367. The fourth-order valence-corrected chi connectivity index (χ4v) is 1.98. The third-order valence-corrected chi connectivity index (χ3v) is 3.24. The SMILES string of the molecule is Cn1cnc2cc(C(=O)OCC3(C)COC3)cnc21. The number of aryl methyl sites for hydroxylation is 1. The second-order valence-corrected chi connectivity index (χ2v) is 5.30. The number of carbonyl (C=O) groups is 1. The van der Waals surface area contributed by atoms with Crippen molar-refractivity contribution in [3.63, 3.8) is 0 Å². The first-order chi connectivity index (χ1) is 9.07. The number of ether oxygens (including phenoxy) is 2.